The monoisotopic (exact) mass is 462 g/mol. The minimum Gasteiger partial charge on any atom is -0.390 e. The highest BCUT2D eigenvalue weighted by Crippen LogP contribution is 2.50. The number of piperazine rings is 1. The Hall–Kier alpha value is -0.0300. The van der Waals surface area contributed by atoms with Crippen LogP contribution in [0.3, 0.4) is 0 Å². The number of nitrogens with zero attached hydrogens (tertiary/aromatic N) is 2. The Bertz CT molecular complexity index is 636. The fourth-order valence-electron chi connectivity index (χ4n) is 6.01. The maximum atomic E-state index is 11.9. The van der Waals surface area contributed by atoms with Crippen LogP contribution in [0.2, 0.25) is 5.02 Å². The number of hydrogen-bond acceptors (Lipinski definition) is 3. The third kappa shape index (κ3) is 5.81. The molecule has 1 saturated heterocycles. The molecule has 3 nitrogen and oxygen atoms in total. The number of hydrogen-bond donors (Lipinski definition) is 1. The summed E-state index contributed by atoms with van der Waals surface area (Å²) in [5, 5.41) is 12.7. The fourth-order valence-corrected chi connectivity index (χ4v) is 6.21. The highest BCUT2D eigenvalue weighted by atomic mass is 35.5. The van der Waals surface area contributed by atoms with Crippen LogP contribution < -0.4 is 0 Å². The van der Waals surface area contributed by atoms with Gasteiger partial charge in [-0.3, -0.25) is 4.90 Å². The maximum absolute atomic E-state index is 11.9. The van der Waals surface area contributed by atoms with Crippen molar-refractivity contribution >= 4 is 36.4 Å². The molecular formula is C23H37Cl3N2O. The van der Waals surface area contributed by atoms with Gasteiger partial charge in [0.1, 0.15) is 0 Å². The Morgan fingerprint density at radius 3 is 2.48 bits per heavy atom. The molecule has 3 aliphatic rings. The van der Waals surface area contributed by atoms with E-state index in [9.17, 15) is 5.11 Å². The second-order valence-electron chi connectivity index (χ2n) is 9.26. The summed E-state index contributed by atoms with van der Waals surface area (Å²) >= 11 is 6.35. The minimum absolute atomic E-state index is 0. The summed E-state index contributed by atoms with van der Waals surface area (Å²) in [4.78, 5) is 4.99. The molecule has 1 heterocycles. The SMILES string of the molecule is CN1CCN(C(CC2(O)CCCC3CCCCC32)c2cccc(Cl)c2)CC1.Cl.Cl. The van der Waals surface area contributed by atoms with E-state index in [0.29, 0.717) is 5.92 Å². The number of aliphatic hydroxyl groups is 1. The van der Waals surface area contributed by atoms with Crippen molar-refractivity contribution in [3.05, 3.63) is 34.9 Å². The highest BCUT2D eigenvalue weighted by molar-refractivity contribution is 6.30. The molecule has 166 valence electrons. The molecule has 4 unspecified atom stereocenters. The molecule has 4 rings (SSSR count). The average Bonchev–Trinajstić information content (AvgIpc) is 2.67. The molecule has 29 heavy (non-hydrogen) atoms. The van der Waals surface area contributed by atoms with Gasteiger partial charge in [0.2, 0.25) is 0 Å². The maximum Gasteiger partial charge on any atom is 0.0696 e. The van der Waals surface area contributed by atoms with E-state index in [1.165, 1.54) is 44.1 Å². The van der Waals surface area contributed by atoms with Crippen LogP contribution >= 0.6 is 36.4 Å². The van der Waals surface area contributed by atoms with Crippen LogP contribution in [-0.4, -0.2) is 53.7 Å². The molecule has 0 aromatic heterocycles. The summed E-state index contributed by atoms with van der Waals surface area (Å²) < 4.78 is 0. The Labute approximate surface area is 194 Å². The molecule has 2 saturated carbocycles. The molecule has 0 bridgehead atoms. The molecule has 1 aromatic rings. The van der Waals surface area contributed by atoms with Gasteiger partial charge in [0, 0.05) is 37.2 Å². The summed E-state index contributed by atoms with van der Waals surface area (Å²) in [6, 6.07) is 8.62. The molecule has 2 aliphatic carbocycles. The van der Waals surface area contributed by atoms with Crippen LogP contribution in [-0.2, 0) is 0 Å². The lowest BCUT2D eigenvalue weighted by molar-refractivity contribution is -0.108. The first-order valence-corrected chi connectivity index (χ1v) is 11.3. The molecule has 1 aliphatic heterocycles. The molecule has 1 aromatic carbocycles. The van der Waals surface area contributed by atoms with E-state index in [1.807, 2.05) is 6.07 Å². The summed E-state index contributed by atoms with van der Waals surface area (Å²) in [5.41, 5.74) is 0.762. The summed E-state index contributed by atoms with van der Waals surface area (Å²) in [6.07, 6.45) is 9.52. The topological polar surface area (TPSA) is 26.7 Å². The van der Waals surface area contributed by atoms with E-state index in [4.69, 9.17) is 11.6 Å². The fraction of sp³-hybridized carbons (Fsp3) is 0.739. The Morgan fingerprint density at radius 2 is 1.76 bits per heavy atom. The summed E-state index contributed by atoms with van der Waals surface area (Å²) in [5.74, 6) is 1.24. The highest BCUT2D eigenvalue weighted by Gasteiger charge is 2.46. The van der Waals surface area contributed by atoms with Gasteiger partial charge in [-0.25, -0.2) is 0 Å². The lowest BCUT2D eigenvalue weighted by Crippen LogP contribution is -2.51. The van der Waals surface area contributed by atoms with Gasteiger partial charge in [-0.1, -0.05) is 49.4 Å². The average molecular weight is 464 g/mol. The Morgan fingerprint density at radius 1 is 1.07 bits per heavy atom. The van der Waals surface area contributed by atoms with Crippen LogP contribution in [0.25, 0.3) is 0 Å². The van der Waals surface area contributed by atoms with Gasteiger partial charge in [0.25, 0.3) is 0 Å². The molecule has 3 fully saturated rings. The van der Waals surface area contributed by atoms with Gasteiger partial charge in [-0.2, -0.15) is 0 Å². The number of benzene rings is 1. The first-order chi connectivity index (χ1) is 13.0. The number of rotatable bonds is 4. The van der Waals surface area contributed by atoms with E-state index in [-0.39, 0.29) is 30.9 Å². The van der Waals surface area contributed by atoms with Crippen molar-refractivity contribution in [2.45, 2.75) is 63.0 Å². The van der Waals surface area contributed by atoms with Gasteiger partial charge in [-0.05, 0) is 62.3 Å². The van der Waals surface area contributed by atoms with Crippen molar-refractivity contribution < 1.29 is 5.11 Å². The molecular weight excluding hydrogens is 427 g/mol. The molecule has 4 atom stereocenters. The smallest absolute Gasteiger partial charge is 0.0696 e. The van der Waals surface area contributed by atoms with Gasteiger partial charge in [0.15, 0.2) is 0 Å². The second kappa shape index (κ2) is 11.0. The Balaban J connectivity index is 0.00000150. The number of fused-ring (bicyclic) bond motifs is 1. The molecule has 0 radical (unpaired) electrons. The first kappa shape index (κ1) is 25.2. The molecule has 1 N–H and O–H groups in total. The molecule has 0 amide bonds. The first-order valence-electron chi connectivity index (χ1n) is 11.0. The molecule has 0 spiro atoms. The lowest BCUT2D eigenvalue weighted by atomic mass is 9.61. The van der Waals surface area contributed by atoms with Crippen LogP contribution in [0.1, 0.15) is 63.0 Å². The normalized spacial score (nSPS) is 31.8. The van der Waals surface area contributed by atoms with E-state index >= 15 is 0 Å². The van der Waals surface area contributed by atoms with Gasteiger partial charge in [0.05, 0.1) is 5.60 Å². The van der Waals surface area contributed by atoms with Crippen LogP contribution in [0, 0.1) is 11.8 Å². The van der Waals surface area contributed by atoms with Crippen molar-refractivity contribution in [1.82, 2.24) is 9.80 Å². The minimum atomic E-state index is -0.514. The third-order valence-electron chi connectivity index (χ3n) is 7.54. The van der Waals surface area contributed by atoms with Crippen molar-refractivity contribution in [2.75, 3.05) is 33.2 Å². The summed E-state index contributed by atoms with van der Waals surface area (Å²) in [6.45, 7) is 4.33. The van der Waals surface area contributed by atoms with Crippen LogP contribution in [0.4, 0.5) is 0 Å². The Kier molecular flexibility index (Phi) is 9.59. The van der Waals surface area contributed by atoms with Crippen molar-refractivity contribution in [1.29, 1.82) is 0 Å². The van der Waals surface area contributed by atoms with E-state index in [1.54, 1.807) is 0 Å². The largest absolute Gasteiger partial charge is 0.390 e. The standard InChI is InChI=1S/C23H35ClN2O.2ClH/c1-25-12-14-26(15-13-25)22(19-7-4-9-20(24)16-19)17-23(27)11-5-8-18-6-2-3-10-21(18)23;;/h4,7,9,16,18,21-22,27H,2-3,5-6,8,10-15,17H2,1H3;2*1H. The molecule has 6 heteroatoms. The van der Waals surface area contributed by atoms with Crippen LogP contribution in [0.5, 0.6) is 0 Å². The van der Waals surface area contributed by atoms with Gasteiger partial charge in [-0.15, -0.1) is 24.8 Å². The van der Waals surface area contributed by atoms with Crippen molar-refractivity contribution in [3.63, 3.8) is 0 Å². The summed E-state index contributed by atoms with van der Waals surface area (Å²) in [7, 11) is 2.20. The zero-order valence-electron chi connectivity index (χ0n) is 17.6. The van der Waals surface area contributed by atoms with E-state index < -0.39 is 5.60 Å². The lowest BCUT2D eigenvalue weighted by Gasteiger charge is -2.50. The predicted octanol–water partition coefficient (Wildman–Crippen LogP) is 5.58. The zero-order valence-corrected chi connectivity index (χ0v) is 20.0. The van der Waals surface area contributed by atoms with Gasteiger partial charge < -0.3 is 10.0 Å². The van der Waals surface area contributed by atoms with E-state index in [2.05, 4.69) is 35.0 Å². The number of likely N-dealkylation sites (N-methyl/N-ethyl adjacent to an activating group) is 1. The van der Waals surface area contributed by atoms with Crippen LogP contribution in [0.15, 0.2) is 24.3 Å². The third-order valence-corrected chi connectivity index (χ3v) is 7.78. The number of halogens is 3. The quantitative estimate of drug-likeness (QED) is 0.631. The van der Waals surface area contributed by atoms with E-state index in [0.717, 1.165) is 50.0 Å². The zero-order chi connectivity index (χ0) is 18.9. The van der Waals surface area contributed by atoms with Crippen molar-refractivity contribution in [3.8, 4) is 0 Å². The van der Waals surface area contributed by atoms with Gasteiger partial charge >= 0.3 is 0 Å². The van der Waals surface area contributed by atoms with Crippen molar-refractivity contribution in [2.24, 2.45) is 11.8 Å². The second-order valence-corrected chi connectivity index (χ2v) is 9.70. The predicted molar refractivity (Wildman–Crippen MR) is 127 cm³/mol.